The summed E-state index contributed by atoms with van der Waals surface area (Å²) in [5.41, 5.74) is 2.89. The Hall–Kier alpha value is -2.69. The van der Waals surface area contributed by atoms with Gasteiger partial charge < -0.3 is 9.47 Å². The zero-order valence-corrected chi connectivity index (χ0v) is 24.8. The second kappa shape index (κ2) is 11.2. The first-order chi connectivity index (χ1) is 17.7. The Morgan fingerprint density at radius 3 is 2.16 bits per heavy atom. The SMILES string of the molecule is COC(=O)[C@]1(C)[C@@H]2CC[C@]3(C)/C(=C(\C)C=CC=C(C)/C=C/C=C(C)C)C(=O)C[C@H]3[C@@]2(C)CC[C@H]1OC(C)=O. The minimum atomic E-state index is -0.944. The fourth-order valence-electron chi connectivity index (χ4n) is 8.00. The number of ether oxygens (including phenoxy) is 2. The van der Waals surface area contributed by atoms with Crippen molar-refractivity contribution in [1.29, 1.82) is 0 Å². The molecule has 5 nitrogen and oxygen atoms in total. The Morgan fingerprint density at radius 1 is 0.895 bits per heavy atom. The van der Waals surface area contributed by atoms with E-state index in [1.807, 2.05) is 26.0 Å². The number of esters is 2. The summed E-state index contributed by atoms with van der Waals surface area (Å²) >= 11 is 0. The van der Waals surface area contributed by atoms with Crippen LogP contribution in [0.1, 0.15) is 87.5 Å². The molecule has 0 N–H and O–H groups in total. The van der Waals surface area contributed by atoms with Gasteiger partial charge in [0.05, 0.1) is 7.11 Å². The Bertz CT molecular complexity index is 1130. The van der Waals surface area contributed by atoms with Crippen LogP contribution >= 0.6 is 0 Å². The highest BCUT2D eigenvalue weighted by atomic mass is 16.6. The molecule has 0 spiro atoms. The molecular weight excluding hydrogens is 476 g/mol. The summed E-state index contributed by atoms with van der Waals surface area (Å²) in [4.78, 5) is 38.7. The Morgan fingerprint density at radius 2 is 1.55 bits per heavy atom. The first kappa shape index (κ1) is 29.9. The van der Waals surface area contributed by atoms with Crippen LogP contribution in [0.5, 0.6) is 0 Å². The van der Waals surface area contributed by atoms with E-state index in [0.717, 1.165) is 36.0 Å². The normalized spacial score (nSPS) is 36.6. The molecule has 0 heterocycles. The number of methoxy groups -OCH3 is 1. The first-order valence-electron chi connectivity index (χ1n) is 13.9. The molecule has 0 bridgehead atoms. The lowest BCUT2D eigenvalue weighted by molar-refractivity contribution is -0.206. The smallest absolute Gasteiger partial charge is 0.315 e. The van der Waals surface area contributed by atoms with Crippen molar-refractivity contribution >= 4 is 17.7 Å². The number of fused-ring (bicyclic) bond motifs is 3. The lowest BCUT2D eigenvalue weighted by Gasteiger charge is -2.61. The molecule has 208 valence electrons. The molecule has 0 unspecified atom stereocenters. The molecule has 3 rings (SSSR count). The summed E-state index contributed by atoms with van der Waals surface area (Å²) in [6, 6.07) is 0. The van der Waals surface area contributed by atoms with E-state index in [0.29, 0.717) is 12.8 Å². The van der Waals surface area contributed by atoms with E-state index in [2.05, 4.69) is 58.9 Å². The molecule has 0 aromatic carbocycles. The molecule has 3 saturated carbocycles. The van der Waals surface area contributed by atoms with E-state index in [-0.39, 0.29) is 40.4 Å². The largest absolute Gasteiger partial charge is 0.468 e. The molecule has 38 heavy (non-hydrogen) atoms. The van der Waals surface area contributed by atoms with Crippen LogP contribution in [-0.2, 0) is 23.9 Å². The number of ketones is 1. The molecule has 0 amide bonds. The van der Waals surface area contributed by atoms with Crippen molar-refractivity contribution < 1.29 is 23.9 Å². The fourth-order valence-corrected chi connectivity index (χ4v) is 8.00. The van der Waals surface area contributed by atoms with Crippen molar-refractivity contribution in [3.05, 3.63) is 58.7 Å². The zero-order chi connectivity index (χ0) is 28.5. The summed E-state index contributed by atoms with van der Waals surface area (Å²) in [6.07, 6.45) is 15.3. The van der Waals surface area contributed by atoms with Gasteiger partial charge in [-0.2, -0.15) is 0 Å². The monoisotopic (exact) mass is 522 g/mol. The van der Waals surface area contributed by atoms with Gasteiger partial charge in [0.15, 0.2) is 5.78 Å². The van der Waals surface area contributed by atoms with Crippen LogP contribution in [0.15, 0.2) is 58.7 Å². The van der Waals surface area contributed by atoms with Crippen molar-refractivity contribution in [3.63, 3.8) is 0 Å². The highest BCUT2D eigenvalue weighted by Gasteiger charge is 2.68. The number of carbonyl (C=O) groups is 3. The maximum atomic E-state index is 13.6. The van der Waals surface area contributed by atoms with Gasteiger partial charge >= 0.3 is 11.9 Å². The van der Waals surface area contributed by atoms with Gasteiger partial charge in [0.1, 0.15) is 11.5 Å². The van der Waals surface area contributed by atoms with Crippen LogP contribution in [0.4, 0.5) is 0 Å². The summed E-state index contributed by atoms with van der Waals surface area (Å²) in [5, 5.41) is 0. The van der Waals surface area contributed by atoms with E-state index in [1.54, 1.807) is 0 Å². The third-order valence-corrected chi connectivity index (χ3v) is 9.71. The lowest BCUT2D eigenvalue weighted by atomic mass is 9.42. The highest BCUT2D eigenvalue weighted by molar-refractivity contribution is 6.01. The van der Waals surface area contributed by atoms with E-state index in [1.165, 1.54) is 19.6 Å². The van der Waals surface area contributed by atoms with Crippen molar-refractivity contribution in [2.45, 2.75) is 93.6 Å². The molecule has 0 aliphatic heterocycles. The number of hydrogen-bond donors (Lipinski definition) is 0. The fraction of sp³-hybridized carbons (Fsp3) is 0.606. The van der Waals surface area contributed by atoms with Crippen molar-refractivity contribution in [3.8, 4) is 0 Å². The summed E-state index contributed by atoms with van der Waals surface area (Å²) in [6.45, 7) is 16.0. The number of hydrogen-bond acceptors (Lipinski definition) is 5. The molecule has 3 aliphatic rings. The highest BCUT2D eigenvalue weighted by Crippen LogP contribution is 2.69. The van der Waals surface area contributed by atoms with Gasteiger partial charge in [-0.25, -0.2) is 0 Å². The second-order valence-corrected chi connectivity index (χ2v) is 12.5. The number of Topliss-reactive ketones (excluding diaryl/α,β-unsaturated/α-hetero) is 1. The van der Waals surface area contributed by atoms with Crippen molar-refractivity contribution in [2.24, 2.45) is 28.1 Å². The average Bonchev–Trinajstić information content (AvgIpc) is 3.11. The van der Waals surface area contributed by atoms with Gasteiger partial charge in [-0.05, 0) is 83.1 Å². The van der Waals surface area contributed by atoms with Crippen molar-refractivity contribution in [1.82, 2.24) is 0 Å². The average molecular weight is 523 g/mol. The zero-order valence-electron chi connectivity index (χ0n) is 24.8. The van der Waals surface area contributed by atoms with Gasteiger partial charge in [-0.3, -0.25) is 14.4 Å². The lowest BCUT2D eigenvalue weighted by Crippen LogP contribution is -2.62. The van der Waals surface area contributed by atoms with Crippen LogP contribution < -0.4 is 0 Å². The molecule has 5 heteroatoms. The van der Waals surface area contributed by atoms with E-state index < -0.39 is 11.5 Å². The summed E-state index contributed by atoms with van der Waals surface area (Å²) in [7, 11) is 1.40. The number of carbonyl (C=O) groups excluding carboxylic acids is 3. The van der Waals surface area contributed by atoms with Gasteiger partial charge in [-0.15, -0.1) is 0 Å². The predicted octanol–water partition coefficient (Wildman–Crippen LogP) is 7.24. The molecule has 0 saturated heterocycles. The van der Waals surface area contributed by atoms with Crippen LogP contribution in [0.2, 0.25) is 0 Å². The predicted molar refractivity (Wildman–Crippen MR) is 151 cm³/mol. The third-order valence-electron chi connectivity index (χ3n) is 9.71. The molecular formula is C33H46O5. The number of allylic oxidation sites excluding steroid dienone is 10. The maximum absolute atomic E-state index is 13.6. The maximum Gasteiger partial charge on any atom is 0.315 e. The van der Waals surface area contributed by atoms with Crippen LogP contribution in [-0.4, -0.2) is 30.9 Å². The molecule has 6 atom stereocenters. The number of rotatable bonds is 6. The molecule has 0 radical (unpaired) electrons. The summed E-state index contributed by atoms with van der Waals surface area (Å²) in [5.74, 6) is -0.420. The van der Waals surface area contributed by atoms with E-state index in [4.69, 9.17) is 9.47 Å². The second-order valence-electron chi connectivity index (χ2n) is 12.5. The van der Waals surface area contributed by atoms with Crippen LogP contribution in [0.3, 0.4) is 0 Å². The molecule has 3 fully saturated rings. The topological polar surface area (TPSA) is 69.7 Å². The Balaban J connectivity index is 1.96. The van der Waals surface area contributed by atoms with Gasteiger partial charge in [0.25, 0.3) is 0 Å². The van der Waals surface area contributed by atoms with E-state index >= 15 is 0 Å². The minimum Gasteiger partial charge on any atom is -0.468 e. The Labute approximate surface area is 229 Å². The van der Waals surface area contributed by atoms with Gasteiger partial charge in [0, 0.05) is 24.3 Å². The van der Waals surface area contributed by atoms with Gasteiger partial charge in [0.2, 0.25) is 0 Å². The standard InChI is InChI=1S/C33H46O5/c1-21(2)12-10-13-22(3)14-11-15-23(4)29-25(35)20-27-31(6)19-17-28(38-24(5)34)33(8,30(36)37-9)26(31)16-18-32(27,29)7/h10-15,26-28H,16-20H2,1-9H3/b13-10+,15-11?,22-14?,29-23+/t26-,27+,28-,31+,32+,33-/m1/s1. The molecule has 0 aromatic heterocycles. The Kier molecular flexibility index (Phi) is 8.80. The summed E-state index contributed by atoms with van der Waals surface area (Å²) < 4.78 is 11.0. The van der Waals surface area contributed by atoms with Gasteiger partial charge in [-0.1, -0.05) is 61.4 Å². The molecule has 0 aromatic rings. The van der Waals surface area contributed by atoms with E-state index in [9.17, 15) is 14.4 Å². The third kappa shape index (κ3) is 5.26. The molecule has 3 aliphatic carbocycles. The van der Waals surface area contributed by atoms with Crippen LogP contribution in [0, 0.1) is 28.1 Å². The first-order valence-corrected chi connectivity index (χ1v) is 13.9. The minimum absolute atomic E-state index is 0.0419. The van der Waals surface area contributed by atoms with Crippen LogP contribution in [0.25, 0.3) is 0 Å². The quantitative estimate of drug-likeness (QED) is 0.209. The van der Waals surface area contributed by atoms with Crippen molar-refractivity contribution in [2.75, 3.05) is 7.11 Å².